The van der Waals surface area contributed by atoms with Crippen LogP contribution in [0.15, 0.2) is 12.2 Å². The molecule has 4 heteroatoms. The van der Waals surface area contributed by atoms with E-state index in [4.69, 9.17) is 8.85 Å². The summed E-state index contributed by atoms with van der Waals surface area (Å²) in [5, 5.41) is 0. The third-order valence-corrected chi connectivity index (χ3v) is 8.50. The summed E-state index contributed by atoms with van der Waals surface area (Å²) in [6.07, 6.45) is 1.40. The highest BCUT2D eigenvalue weighted by molar-refractivity contribution is 6.84. The van der Waals surface area contributed by atoms with Crippen LogP contribution in [0.5, 0.6) is 0 Å². The zero-order valence-corrected chi connectivity index (χ0v) is 14.7. The highest BCUT2D eigenvalue weighted by atomic mass is 28.4. The molecule has 0 aliphatic carbocycles. The highest BCUT2D eigenvalue weighted by Gasteiger charge is 2.29. The average Bonchev–Trinajstić information content (AvgIpc) is 2.07. The zero-order valence-electron chi connectivity index (χ0n) is 12.7. The van der Waals surface area contributed by atoms with Crippen LogP contribution in [0, 0.1) is 0 Å². The maximum Gasteiger partial charge on any atom is 0.173 e. The van der Waals surface area contributed by atoms with E-state index in [9.17, 15) is 0 Å². The third-order valence-electron chi connectivity index (χ3n) is 2.35. The molecule has 0 N–H and O–H groups in total. The Morgan fingerprint density at radius 2 is 1.71 bits per heavy atom. The summed E-state index contributed by atoms with van der Waals surface area (Å²) in [5.74, 6) is 0. The quantitative estimate of drug-likeness (QED) is 0.482. The second-order valence-electron chi connectivity index (χ2n) is 6.59. The lowest BCUT2D eigenvalue weighted by Gasteiger charge is -2.32. The van der Waals surface area contributed by atoms with Gasteiger partial charge in [0.25, 0.3) is 0 Å². The van der Waals surface area contributed by atoms with Gasteiger partial charge in [0.05, 0.1) is 12.7 Å². The van der Waals surface area contributed by atoms with Crippen LogP contribution < -0.4 is 0 Å². The molecule has 0 bridgehead atoms. The van der Waals surface area contributed by atoms with Crippen molar-refractivity contribution in [3.8, 4) is 0 Å². The fourth-order valence-corrected chi connectivity index (χ4v) is 9.94. The highest BCUT2D eigenvalue weighted by Crippen LogP contribution is 2.21. The molecule has 0 aromatic rings. The SMILES string of the molecule is C=C(C)COC(C)CC[Si](C)(C)O[Si](C)(C)C. The van der Waals surface area contributed by atoms with E-state index in [1.54, 1.807) is 0 Å². The Hall–Kier alpha value is 0.0938. The van der Waals surface area contributed by atoms with E-state index in [-0.39, 0.29) is 0 Å². The number of ether oxygens (including phenoxy) is 1. The van der Waals surface area contributed by atoms with E-state index in [1.807, 2.05) is 6.92 Å². The Morgan fingerprint density at radius 3 is 2.12 bits per heavy atom. The lowest BCUT2D eigenvalue weighted by molar-refractivity contribution is 0.0803. The zero-order chi connectivity index (χ0) is 13.7. The molecule has 1 unspecified atom stereocenters. The van der Waals surface area contributed by atoms with Crippen molar-refractivity contribution < 1.29 is 8.85 Å². The number of hydrogen-bond acceptors (Lipinski definition) is 2. The molecule has 0 heterocycles. The predicted octanol–water partition coefficient (Wildman–Crippen LogP) is 4.41. The second-order valence-corrected chi connectivity index (χ2v) is 15.7. The summed E-state index contributed by atoms with van der Waals surface area (Å²) in [6.45, 7) is 20.1. The standard InChI is InChI=1S/C13H30O2Si2/c1-12(2)11-14-13(3)9-10-17(7,8)15-16(4,5)6/h13H,1,9-11H2,2-8H3. The molecule has 0 spiro atoms. The van der Waals surface area contributed by atoms with E-state index >= 15 is 0 Å². The molecule has 0 rings (SSSR count). The van der Waals surface area contributed by atoms with Gasteiger partial charge in [-0.2, -0.15) is 0 Å². The third kappa shape index (κ3) is 10.9. The summed E-state index contributed by atoms with van der Waals surface area (Å²) < 4.78 is 12.0. The largest absolute Gasteiger partial charge is 0.456 e. The van der Waals surface area contributed by atoms with E-state index in [2.05, 4.69) is 46.2 Å². The molecular weight excluding hydrogens is 244 g/mol. The van der Waals surface area contributed by atoms with Crippen molar-refractivity contribution in [2.24, 2.45) is 0 Å². The first-order valence-corrected chi connectivity index (χ1v) is 13.0. The van der Waals surface area contributed by atoms with E-state index in [0.717, 1.165) is 12.0 Å². The van der Waals surface area contributed by atoms with Crippen molar-refractivity contribution in [3.63, 3.8) is 0 Å². The molecule has 0 saturated carbocycles. The van der Waals surface area contributed by atoms with Crippen LogP contribution >= 0.6 is 0 Å². The first kappa shape index (κ1) is 17.1. The lowest BCUT2D eigenvalue weighted by Crippen LogP contribution is -2.42. The van der Waals surface area contributed by atoms with Crippen molar-refractivity contribution in [1.29, 1.82) is 0 Å². The normalized spacial score (nSPS) is 14.8. The molecule has 0 aliphatic heterocycles. The minimum atomic E-state index is -1.50. The molecule has 102 valence electrons. The first-order chi connectivity index (χ1) is 7.52. The Bertz CT molecular complexity index is 244. The Morgan fingerprint density at radius 1 is 1.18 bits per heavy atom. The van der Waals surface area contributed by atoms with Crippen molar-refractivity contribution in [2.45, 2.75) is 65.2 Å². The topological polar surface area (TPSA) is 18.5 Å². The van der Waals surface area contributed by atoms with Crippen molar-refractivity contribution in [2.75, 3.05) is 6.61 Å². The van der Waals surface area contributed by atoms with Crippen LogP contribution in [-0.4, -0.2) is 29.3 Å². The fraction of sp³-hybridized carbons (Fsp3) is 0.846. The summed E-state index contributed by atoms with van der Waals surface area (Å²) in [5.41, 5.74) is 1.09. The lowest BCUT2D eigenvalue weighted by atomic mass is 10.3. The maximum atomic E-state index is 6.31. The van der Waals surface area contributed by atoms with Gasteiger partial charge in [-0.15, -0.1) is 0 Å². The molecule has 0 radical (unpaired) electrons. The van der Waals surface area contributed by atoms with Gasteiger partial charge in [0.2, 0.25) is 0 Å². The summed E-state index contributed by atoms with van der Waals surface area (Å²) in [7, 11) is -2.89. The smallest absolute Gasteiger partial charge is 0.173 e. The van der Waals surface area contributed by atoms with Gasteiger partial charge in [0.15, 0.2) is 16.6 Å². The van der Waals surface area contributed by atoms with E-state index < -0.39 is 16.6 Å². The molecule has 0 amide bonds. The number of hydrogen-bond donors (Lipinski definition) is 0. The monoisotopic (exact) mass is 274 g/mol. The van der Waals surface area contributed by atoms with Gasteiger partial charge in [0, 0.05) is 0 Å². The molecule has 17 heavy (non-hydrogen) atoms. The van der Waals surface area contributed by atoms with Crippen molar-refractivity contribution in [3.05, 3.63) is 12.2 Å². The van der Waals surface area contributed by atoms with Gasteiger partial charge in [0.1, 0.15) is 0 Å². The van der Waals surface area contributed by atoms with Gasteiger partial charge in [-0.1, -0.05) is 12.2 Å². The molecule has 0 fully saturated rings. The molecule has 0 aromatic heterocycles. The minimum absolute atomic E-state index is 0.309. The summed E-state index contributed by atoms with van der Waals surface area (Å²) in [4.78, 5) is 0. The molecule has 1 atom stereocenters. The van der Waals surface area contributed by atoms with Gasteiger partial charge in [-0.25, -0.2) is 0 Å². The molecule has 0 saturated heterocycles. The van der Waals surface area contributed by atoms with E-state index in [0.29, 0.717) is 12.7 Å². The molecule has 0 aliphatic rings. The molecular formula is C13H30O2Si2. The van der Waals surface area contributed by atoms with Crippen LogP contribution in [0.25, 0.3) is 0 Å². The van der Waals surface area contributed by atoms with Gasteiger partial charge in [-0.3, -0.25) is 0 Å². The van der Waals surface area contributed by atoms with Crippen LogP contribution in [0.2, 0.25) is 38.8 Å². The first-order valence-electron chi connectivity index (χ1n) is 6.48. The molecule has 2 nitrogen and oxygen atoms in total. The van der Waals surface area contributed by atoms with Crippen LogP contribution in [0.3, 0.4) is 0 Å². The minimum Gasteiger partial charge on any atom is -0.456 e. The van der Waals surface area contributed by atoms with Gasteiger partial charge >= 0.3 is 0 Å². The van der Waals surface area contributed by atoms with Crippen LogP contribution in [0.4, 0.5) is 0 Å². The second kappa shape index (κ2) is 6.87. The van der Waals surface area contributed by atoms with Gasteiger partial charge < -0.3 is 8.85 Å². The maximum absolute atomic E-state index is 6.31. The Labute approximate surface area is 110 Å². The fourth-order valence-electron chi connectivity index (χ4n) is 1.80. The average molecular weight is 275 g/mol. The van der Waals surface area contributed by atoms with Crippen molar-refractivity contribution >= 4 is 16.6 Å². The van der Waals surface area contributed by atoms with Crippen LogP contribution in [0.1, 0.15) is 20.3 Å². The summed E-state index contributed by atoms with van der Waals surface area (Å²) in [6, 6.07) is 1.18. The van der Waals surface area contributed by atoms with E-state index in [1.165, 1.54) is 6.04 Å². The Balaban J connectivity index is 3.96. The Kier molecular flexibility index (Phi) is 6.91. The summed E-state index contributed by atoms with van der Waals surface area (Å²) >= 11 is 0. The van der Waals surface area contributed by atoms with Gasteiger partial charge in [-0.05, 0) is 59.0 Å². The van der Waals surface area contributed by atoms with Crippen LogP contribution in [-0.2, 0) is 8.85 Å². The number of rotatable bonds is 8. The molecule has 0 aromatic carbocycles. The predicted molar refractivity (Wildman–Crippen MR) is 81.6 cm³/mol. The van der Waals surface area contributed by atoms with Crippen molar-refractivity contribution in [1.82, 2.24) is 0 Å².